The normalized spacial score (nSPS) is 11.4. The molecule has 3 rings (SSSR count). The molecule has 21 heavy (non-hydrogen) atoms. The number of oxazole rings is 1. The summed E-state index contributed by atoms with van der Waals surface area (Å²) < 4.78 is 29.9. The summed E-state index contributed by atoms with van der Waals surface area (Å²) >= 11 is 0. The summed E-state index contributed by atoms with van der Waals surface area (Å²) in [4.78, 5) is 7.88. The Kier molecular flexibility index (Phi) is 3.53. The van der Waals surface area contributed by atoms with Gasteiger partial charge >= 0.3 is 0 Å². The molecule has 0 aliphatic heterocycles. The minimum atomic E-state index is -3.55. The topological polar surface area (TPSA) is 73.1 Å². The van der Waals surface area contributed by atoms with E-state index >= 15 is 0 Å². The van der Waals surface area contributed by atoms with Crippen molar-refractivity contribution < 1.29 is 12.8 Å². The predicted molar refractivity (Wildman–Crippen MR) is 77.1 cm³/mol. The second kappa shape index (κ2) is 5.49. The SMILES string of the molecule is O=S(=O)(Cc1ncc(-c2ccccc2)o1)c1ccccn1. The molecule has 0 aliphatic carbocycles. The first kappa shape index (κ1) is 13.5. The minimum Gasteiger partial charge on any atom is -0.440 e. The van der Waals surface area contributed by atoms with Gasteiger partial charge in [-0.25, -0.2) is 18.4 Å². The molecule has 0 spiro atoms. The van der Waals surface area contributed by atoms with E-state index in [1.807, 2.05) is 30.3 Å². The number of hydrogen-bond donors (Lipinski definition) is 0. The summed E-state index contributed by atoms with van der Waals surface area (Å²) in [7, 11) is -3.55. The highest BCUT2D eigenvalue weighted by molar-refractivity contribution is 7.90. The van der Waals surface area contributed by atoms with Crippen LogP contribution in [0, 0.1) is 0 Å². The van der Waals surface area contributed by atoms with Gasteiger partial charge in [-0.05, 0) is 12.1 Å². The Hall–Kier alpha value is -2.47. The largest absolute Gasteiger partial charge is 0.440 e. The zero-order chi connectivity index (χ0) is 14.7. The van der Waals surface area contributed by atoms with Crippen molar-refractivity contribution in [1.82, 2.24) is 9.97 Å². The van der Waals surface area contributed by atoms with Crippen LogP contribution in [0.5, 0.6) is 0 Å². The van der Waals surface area contributed by atoms with E-state index in [-0.39, 0.29) is 16.7 Å². The van der Waals surface area contributed by atoms with Crippen LogP contribution in [0.4, 0.5) is 0 Å². The number of benzene rings is 1. The Balaban J connectivity index is 1.85. The number of hydrogen-bond acceptors (Lipinski definition) is 5. The number of sulfone groups is 1. The maximum atomic E-state index is 12.2. The van der Waals surface area contributed by atoms with Crippen LogP contribution >= 0.6 is 0 Å². The third kappa shape index (κ3) is 3.00. The van der Waals surface area contributed by atoms with Gasteiger partial charge in [-0.15, -0.1) is 0 Å². The van der Waals surface area contributed by atoms with Gasteiger partial charge in [0.1, 0.15) is 5.75 Å². The Morgan fingerprint density at radius 1 is 0.952 bits per heavy atom. The summed E-state index contributed by atoms with van der Waals surface area (Å²) in [5.74, 6) is 0.387. The standard InChI is InChI=1S/C15H12N2O3S/c18-21(19,15-8-4-5-9-16-15)11-14-17-10-13(20-14)12-6-2-1-3-7-12/h1-10H,11H2. The molecule has 0 amide bonds. The van der Waals surface area contributed by atoms with E-state index in [1.165, 1.54) is 18.5 Å². The molecule has 0 bridgehead atoms. The summed E-state index contributed by atoms with van der Waals surface area (Å²) in [6.07, 6.45) is 2.97. The third-order valence-electron chi connectivity index (χ3n) is 2.88. The number of aromatic nitrogens is 2. The minimum absolute atomic E-state index is 0.0180. The zero-order valence-corrected chi connectivity index (χ0v) is 11.8. The molecule has 0 saturated carbocycles. The van der Waals surface area contributed by atoms with E-state index in [9.17, 15) is 8.42 Å². The van der Waals surface area contributed by atoms with Crippen molar-refractivity contribution in [3.8, 4) is 11.3 Å². The Bertz CT molecular complexity index is 828. The first-order valence-electron chi connectivity index (χ1n) is 6.29. The highest BCUT2D eigenvalue weighted by Crippen LogP contribution is 2.21. The quantitative estimate of drug-likeness (QED) is 0.740. The predicted octanol–water partition coefficient (Wildman–Crippen LogP) is 2.71. The van der Waals surface area contributed by atoms with Crippen molar-refractivity contribution in [3.05, 3.63) is 66.8 Å². The lowest BCUT2D eigenvalue weighted by atomic mass is 10.2. The Labute approximate surface area is 122 Å². The maximum absolute atomic E-state index is 12.2. The van der Waals surface area contributed by atoms with E-state index in [0.29, 0.717) is 5.76 Å². The highest BCUT2D eigenvalue weighted by atomic mass is 32.2. The second-order valence-electron chi connectivity index (χ2n) is 4.41. The first-order chi connectivity index (χ1) is 10.1. The van der Waals surface area contributed by atoms with Gasteiger partial charge in [0, 0.05) is 11.8 Å². The van der Waals surface area contributed by atoms with Crippen LogP contribution in [0.3, 0.4) is 0 Å². The second-order valence-corrected chi connectivity index (χ2v) is 6.35. The molecule has 0 fully saturated rings. The Morgan fingerprint density at radius 2 is 1.71 bits per heavy atom. The van der Waals surface area contributed by atoms with Crippen molar-refractivity contribution in [2.45, 2.75) is 10.8 Å². The molecule has 0 atom stereocenters. The number of nitrogens with zero attached hydrogens (tertiary/aromatic N) is 2. The van der Waals surface area contributed by atoms with E-state index in [2.05, 4.69) is 9.97 Å². The summed E-state index contributed by atoms with van der Waals surface area (Å²) in [5.41, 5.74) is 0.853. The molecular weight excluding hydrogens is 288 g/mol. The number of pyridine rings is 1. The van der Waals surface area contributed by atoms with Gasteiger partial charge in [0.05, 0.1) is 6.20 Å². The van der Waals surface area contributed by atoms with Crippen LogP contribution in [0.25, 0.3) is 11.3 Å². The van der Waals surface area contributed by atoms with Crippen molar-refractivity contribution in [3.63, 3.8) is 0 Å². The van der Waals surface area contributed by atoms with E-state index in [1.54, 1.807) is 12.1 Å². The van der Waals surface area contributed by atoms with Gasteiger partial charge in [0.2, 0.25) is 15.7 Å². The van der Waals surface area contributed by atoms with E-state index in [4.69, 9.17) is 4.42 Å². The summed E-state index contributed by atoms with van der Waals surface area (Å²) in [5, 5.41) is 0.0180. The van der Waals surface area contributed by atoms with Crippen molar-refractivity contribution >= 4 is 9.84 Å². The van der Waals surface area contributed by atoms with E-state index in [0.717, 1.165) is 5.56 Å². The molecule has 0 unspecified atom stereocenters. The van der Waals surface area contributed by atoms with Crippen LogP contribution < -0.4 is 0 Å². The van der Waals surface area contributed by atoms with Crippen LogP contribution in [0.1, 0.15) is 5.89 Å². The fraction of sp³-hybridized carbons (Fsp3) is 0.0667. The van der Waals surface area contributed by atoms with Crippen LogP contribution in [-0.4, -0.2) is 18.4 Å². The van der Waals surface area contributed by atoms with Crippen LogP contribution in [-0.2, 0) is 15.6 Å². The molecule has 0 saturated heterocycles. The fourth-order valence-corrected chi connectivity index (χ4v) is 2.99. The number of rotatable bonds is 4. The van der Waals surface area contributed by atoms with Crippen molar-refractivity contribution in [2.24, 2.45) is 0 Å². The summed E-state index contributed by atoms with van der Waals surface area (Å²) in [6.45, 7) is 0. The smallest absolute Gasteiger partial charge is 0.210 e. The molecule has 2 heterocycles. The molecule has 106 valence electrons. The van der Waals surface area contributed by atoms with Crippen LogP contribution in [0.2, 0.25) is 0 Å². The third-order valence-corrected chi connectivity index (χ3v) is 4.39. The lowest BCUT2D eigenvalue weighted by Gasteiger charge is -2.00. The lowest BCUT2D eigenvalue weighted by Crippen LogP contribution is -2.06. The zero-order valence-electron chi connectivity index (χ0n) is 11.0. The highest BCUT2D eigenvalue weighted by Gasteiger charge is 2.20. The van der Waals surface area contributed by atoms with Gasteiger partial charge in [-0.2, -0.15) is 0 Å². The maximum Gasteiger partial charge on any atom is 0.210 e. The van der Waals surface area contributed by atoms with Gasteiger partial charge in [0.25, 0.3) is 0 Å². The molecule has 1 aromatic carbocycles. The molecule has 0 N–H and O–H groups in total. The fourth-order valence-electron chi connectivity index (χ4n) is 1.88. The molecular formula is C15H12N2O3S. The Morgan fingerprint density at radius 3 is 2.43 bits per heavy atom. The average molecular weight is 300 g/mol. The van der Waals surface area contributed by atoms with Gasteiger partial charge in [0.15, 0.2) is 10.8 Å². The van der Waals surface area contributed by atoms with Gasteiger partial charge in [-0.1, -0.05) is 36.4 Å². The molecule has 0 aliphatic rings. The summed E-state index contributed by atoms with van der Waals surface area (Å²) in [6, 6.07) is 14.1. The molecule has 6 heteroatoms. The van der Waals surface area contributed by atoms with Gasteiger partial charge < -0.3 is 4.42 Å². The average Bonchev–Trinajstić information content (AvgIpc) is 2.97. The lowest BCUT2D eigenvalue weighted by molar-refractivity contribution is 0.518. The first-order valence-corrected chi connectivity index (χ1v) is 7.94. The van der Waals surface area contributed by atoms with Crippen molar-refractivity contribution in [1.29, 1.82) is 0 Å². The molecule has 0 radical (unpaired) electrons. The monoisotopic (exact) mass is 300 g/mol. The molecule has 5 nitrogen and oxygen atoms in total. The van der Waals surface area contributed by atoms with Gasteiger partial charge in [-0.3, -0.25) is 0 Å². The van der Waals surface area contributed by atoms with E-state index < -0.39 is 9.84 Å². The molecule has 3 aromatic rings. The van der Waals surface area contributed by atoms with Crippen LogP contribution in [0.15, 0.2) is 70.4 Å². The molecule has 2 aromatic heterocycles. The van der Waals surface area contributed by atoms with Crippen molar-refractivity contribution in [2.75, 3.05) is 0 Å².